The van der Waals surface area contributed by atoms with E-state index in [1.807, 2.05) is 43.3 Å². The fourth-order valence-electron chi connectivity index (χ4n) is 3.45. The van der Waals surface area contributed by atoms with Crippen molar-refractivity contribution in [1.82, 2.24) is 9.97 Å². The summed E-state index contributed by atoms with van der Waals surface area (Å²) >= 11 is 0. The molecular formula is C42H34N6. The Labute approximate surface area is 290 Å². The first-order chi connectivity index (χ1) is 23.5. The number of aromatic nitrogens is 2. The maximum absolute atomic E-state index is 6.86. The summed E-state index contributed by atoms with van der Waals surface area (Å²) in [5.74, 6) is 46.9. The summed E-state index contributed by atoms with van der Waals surface area (Å²) in [5.41, 5.74) is 25.8. The highest BCUT2D eigenvalue weighted by Crippen LogP contribution is 2.27. The second kappa shape index (κ2) is 22.3. The zero-order valence-corrected chi connectivity index (χ0v) is 25.9. The molecule has 0 unspecified atom stereocenters. The monoisotopic (exact) mass is 622 g/mol. The third kappa shape index (κ3) is 13.8. The fourth-order valence-corrected chi connectivity index (χ4v) is 3.45. The Morgan fingerprint density at radius 3 is 1.54 bits per heavy atom. The predicted molar refractivity (Wildman–Crippen MR) is 206 cm³/mol. The first-order valence-corrected chi connectivity index (χ1v) is 13.6. The second-order valence-corrected chi connectivity index (χ2v) is 8.47. The number of rotatable bonds is 2. The summed E-state index contributed by atoms with van der Waals surface area (Å²) in [6, 6.07) is 24.4. The summed E-state index contributed by atoms with van der Waals surface area (Å²) in [7, 11) is 0. The Kier molecular flexibility index (Phi) is 16.7. The molecule has 0 aliphatic rings. The van der Waals surface area contributed by atoms with Gasteiger partial charge in [0.15, 0.2) is 0 Å². The minimum absolute atomic E-state index is 0. The van der Waals surface area contributed by atoms with Gasteiger partial charge in [0, 0.05) is 31.7 Å². The average molecular weight is 623 g/mol. The molecule has 0 radical (unpaired) electrons. The van der Waals surface area contributed by atoms with Crippen LogP contribution in [0.2, 0.25) is 0 Å². The highest BCUT2D eigenvalue weighted by atomic mass is 15.0. The van der Waals surface area contributed by atoms with Crippen LogP contribution in [0, 0.1) is 131 Å². The molecule has 3 aromatic carbocycles. The van der Waals surface area contributed by atoms with E-state index in [4.69, 9.17) is 28.2 Å². The standard InChI is InChI=1S/C21H17N3.C21H4.HN3.6H2/c1-14-21(24-20-13-18(22)11-12-19(20)23-14)17-9-7-16(8-10-17)15-5-3-2-4-6-15;1-3-5-7-9-11-13-15-17-19-21-20-18-16-14-12-10-8-6-4-2;1-3-2;;;;;;/h2-13H,22H2,1H3;1H,2H3;1H;6*1H. The Morgan fingerprint density at radius 2 is 1.06 bits per heavy atom. The Hall–Kier alpha value is -8.29. The summed E-state index contributed by atoms with van der Waals surface area (Å²) in [5, 5.41) is 0. The average Bonchev–Trinajstić information content (AvgIpc) is 3.11. The molecule has 6 nitrogen and oxygen atoms in total. The normalized spacial score (nSPS) is 7.27. The second-order valence-electron chi connectivity index (χ2n) is 8.47. The van der Waals surface area contributed by atoms with Crippen molar-refractivity contribution < 1.29 is 8.56 Å². The van der Waals surface area contributed by atoms with Crippen LogP contribution in [-0.4, -0.2) is 9.97 Å². The van der Waals surface area contributed by atoms with Crippen LogP contribution < -0.4 is 5.73 Å². The molecule has 0 bridgehead atoms. The van der Waals surface area contributed by atoms with Crippen molar-refractivity contribution in [3.8, 4) is 141 Å². The van der Waals surface area contributed by atoms with Gasteiger partial charge in [-0.2, -0.15) is 0 Å². The van der Waals surface area contributed by atoms with E-state index in [9.17, 15) is 0 Å². The molecule has 0 fully saturated rings. The van der Waals surface area contributed by atoms with Crippen LogP contribution in [0.15, 0.2) is 72.8 Å². The smallest absolute Gasteiger partial charge is 0.0922 e. The van der Waals surface area contributed by atoms with E-state index >= 15 is 0 Å². The molecule has 1 heterocycles. The van der Waals surface area contributed by atoms with Gasteiger partial charge < -0.3 is 5.73 Å². The van der Waals surface area contributed by atoms with Crippen LogP contribution in [0.25, 0.3) is 43.9 Å². The van der Waals surface area contributed by atoms with Gasteiger partial charge in [0.2, 0.25) is 0 Å². The number of hydrogen-bond donors (Lipinski definition) is 2. The maximum Gasteiger partial charge on any atom is 0.0922 e. The minimum atomic E-state index is 0. The van der Waals surface area contributed by atoms with Crippen LogP contribution >= 0.6 is 0 Å². The predicted octanol–water partition coefficient (Wildman–Crippen LogP) is 7.88. The van der Waals surface area contributed by atoms with Gasteiger partial charge in [0.05, 0.1) is 22.4 Å². The number of benzene rings is 3. The van der Waals surface area contributed by atoms with E-state index < -0.39 is 0 Å². The van der Waals surface area contributed by atoms with Gasteiger partial charge in [-0.15, -0.1) is 12.0 Å². The molecule has 0 spiro atoms. The Morgan fingerprint density at radius 1 is 0.625 bits per heavy atom. The summed E-state index contributed by atoms with van der Waals surface area (Å²) in [6.45, 7) is 3.69. The molecule has 6 heteroatoms. The molecular weight excluding hydrogens is 589 g/mol. The lowest BCUT2D eigenvalue weighted by molar-refractivity contribution is 1.19. The van der Waals surface area contributed by atoms with Crippen molar-refractivity contribution >= 4 is 16.7 Å². The van der Waals surface area contributed by atoms with E-state index in [0.29, 0.717) is 5.69 Å². The molecule has 0 amide bonds. The topological polar surface area (TPSA) is 112 Å². The molecule has 48 heavy (non-hydrogen) atoms. The van der Waals surface area contributed by atoms with Gasteiger partial charge in [0.25, 0.3) is 0 Å². The molecule has 3 N–H and O–H groups in total. The Bertz CT molecular complexity index is 2470. The lowest BCUT2D eigenvalue weighted by Gasteiger charge is -2.08. The summed E-state index contributed by atoms with van der Waals surface area (Å²) < 4.78 is 0. The molecule has 232 valence electrons. The number of nitrogens with two attached hydrogens (primary N) is 1. The highest BCUT2D eigenvalue weighted by Gasteiger charge is 2.08. The van der Waals surface area contributed by atoms with Gasteiger partial charge in [-0.3, -0.25) is 0 Å². The van der Waals surface area contributed by atoms with Crippen molar-refractivity contribution in [1.29, 1.82) is 5.53 Å². The van der Waals surface area contributed by atoms with E-state index in [-0.39, 0.29) is 8.56 Å². The number of nitrogen functional groups attached to an aromatic ring is 1. The minimum Gasteiger partial charge on any atom is -0.399 e. The van der Waals surface area contributed by atoms with Crippen molar-refractivity contribution in [2.45, 2.75) is 13.8 Å². The number of nitrogens with one attached hydrogen (secondary N) is 1. The van der Waals surface area contributed by atoms with E-state index in [2.05, 4.69) is 154 Å². The summed E-state index contributed by atoms with van der Waals surface area (Å²) in [6.07, 6.45) is 4.90. The molecule has 0 aliphatic heterocycles. The maximum atomic E-state index is 6.86. The molecule has 1 aromatic heterocycles. The number of anilines is 1. The van der Waals surface area contributed by atoms with Gasteiger partial charge >= 0.3 is 0 Å². The third-order valence-electron chi connectivity index (χ3n) is 5.33. The lowest BCUT2D eigenvalue weighted by atomic mass is 10.0. The van der Waals surface area contributed by atoms with Gasteiger partial charge in [-0.1, -0.05) is 60.5 Å². The van der Waals surface area contributed by atoms with Gasteiger partial charge in [-0.25, -0.2) is 9.97 Å². The molecule has 0 saturated heterocycles. The van der Waals surface area contributed by atoms with E-state index in [1.54, 1.807) is 11.8 Å². The van der Waals surface area contributed by atoms with Crippen LogP contribution in [-0.2, 0) is 0 Å². The van der Waals surface area contributed by atoms with E-state index in [0.717, 1.165) is 28.0 Å². The number of fused-ring (bicyclic) bond motifs is 1. The number of nitrogens with zero attached hydrogens (tertiary/aromatic N) is 4. The van der Waals surface area contributed by atoms with Crippen LogP contribution in [0.3, 0.4) is 0 Å². The molecule has 4 aromatic rings. The number of hydrogen-bond acceptors (Lipinski definition) is 4. The van der Waals surface area contributed by atoms with Crippen LogP contribution in [0.5, 0.6) is 0 Å². The van der Waals surface area contributed by atoms with Crippen molar-refractivity contribution in [3.63, 3.8) is 0 Å². The first kappa shape index (κ1) is 35.9. The molecule has 0 saturated carbocycles. The SMILES string of the molecule is C#CC#CC#CC#CC#CC#CC#CC#CC#CC#CC.Cc1nc2ccc(N)cc2nc1-c1ccc(-c2ccccc2)cc1.[HH].[HH].[HH].[HH].[HH].[HH].[N-]=[N+]=N. The largest absolute Gasteiger partial charge is 0.399 e. The zero-order valence-electron chi connectivity index (χ0n) is 25.9. The third-order valence-corrected chi connectivity index (χ3v) is 5.33. The van der Waals surface area contributed by atoms with Crippen LogP contribution in [0.4, 0.5) is 5.69 Å². The lowest BCUT2D eigenvalue weighted by Crippen LogP contribution is -1.95. The van der Waals surface area contributed by atoms with Gasteiger partial charge in [0.1, 0.15) is 0 Å². The quantitative estimate of drug-likeness (QED) is 0.0780. The van der Waals surface area contributed by atoms with Crippen LogP contribution in [0.1, 0.15) is 21.2 Å². The zero-order chi connectivity index (χ0) is 34.7. The number of aryl methyl sites for hydroxylation is 1. The summed E-state index contributed by atoms with van der Waals surface area (Å²) in [4.78, 5) is 11.2. The fraction of sp³-hybridized carbons (Fsp3) is 0.0476. The molecule has 0 aliphatic carbocycles. The van der Waals surface area contributed by atoms with Crippen molar-refractivity contribution in [2.75, 3.05) is 5.73 Å². The highest BCUT2D eigenvalue weighted by molar-refractivity contribution is 5.81. The molecule has 0 atom stereocenters. The molecule has 4 rings (SSSR count). The van der Waals surface area contributed by atoms with Gasteiger partial charge in [-0.05, 0) is 148 Å². The number of terminal acetylenes is 1. The van der Waals surface area contributed by atoms with Crippen molar-refractivity contribution in [2.24, 2.45) is 0 Å². The van der Waals surface area contributed by atoms with E-state index in [1.165, 1.54) is 11.1 Å². The first-order valence-electron chi connectivity index (χ1n) is 13.6. The van der Waals surface area contributed by atoms with Crippen molar-refractivity contribution in [3.05, 3.63) is 88.9 Å². The Balaban J connectivity index is -0.000000252.